The third-order valence-electron chi connectivity index (χ3n) is 4.41. The second-order valence-corrected chi connectivity index (χ2v) is 5.76. The highest BCUT2D eigenvalue weighted by Gasteiger charge is 2.34. The minimum Gasteiger partial charge on any atom is -0.375 e. The van der Waals surface area contributed by atoms with Gasteiger partial charge in [0.05, 0.1) is 6.57 Å². The number of amides is 1. The summed E-state index contributed by atoms with van der Waals surface area (Å²) in [5.41, 5.74) is 3.26. The second-order valence-electron chi connectivity index (χ2n) is 5.76. The maximum absolute atomic E-state index is 12.2. The van der Waals surface area contributed by atoms with Crippen molar-refractivity contribution < 1.29 is 9.90 Å². The molecule has 0 aromatic heterocycles. The number of aliphatic hydroxyl groups excluding tert-OH is 1. The average Bonchev–Trinajstić information content (AvgIpc) is 2.59. The highest BCUT2D eigenvalue weighted by atomic mass is 16.3. The number of likely N-dealkylation sites (N-methyl/N-ethyl adjacent to an activating group) is 1. The van der Waals surface area contributed by atoms with E-state index in [1.807, 2.05) is 37.4 Å². The molecule has 0 spiro atoms. The van der Waals surface area contributed by atoms with Crippen LogP contribution in [0.5, 0.6) is 0 Å². The summed E-state index contributed by atoms with van der Waals surface area (Å²) in [6, 6.07) is 7.97. The SMILES string of the molecule is [C-]#[N+]C1=C(C)C(=Cc2ccc(N(C)CC)cc2)C(O)N(CC)C1=O. The van der Waals surface area contributed by atoms with Crippen LogP contribution >= 0.6 is 0 Å². The van der Waals surface area contributed by atoms with Gasteiger partial charge in [0.2, 0.25) is 0 Å². The van der Waals surface area contributed by atoms with Gasteiger partial charge in [-0.15, -0.1) is 0 Å². The van der Waals surface area contributed by atoms with E-state index in [0.29, 0.717) is 17.7 Å². The van der Waals surface area contributed by atoms with E-state index in [2.05, 4.69) is 16.7 Å². The van der Waals surface area contributed by atoms with E-state index in [9.17, 15) is 9.90 Å². The van der Waals surface area contributed by atoms with Gasteiger partial charge in [0.15, 0.2) is 6.23 Å². The lowest BCUT2D eigenvalue weighted by Gasteiger charge is -2.34. The number of carbonyl (C=O) groups is 1. The quantitative estimate of drug-likeness (QED) is 0.866. The molecule has 0 saturated carbocycles. The Labute approximate surface area is 143 Å². The van der Waals surface area contributed by atoms with Crippen molar-refractivity contribution in [1.29, 1.82) is 0 Å². The van der Waals surface area contributed by atoms with Crippen molar-refractivity contribution in [3.63, 3.8) is 0 Å². The fourth-order valence-electron chi connectivity index (χ4n) is 2.72. The molecule has 24 heavy (non-hydrogen) atoms. The molecule has 126 valence electrons. The lowest BCUT2D eigenvalue weighted by Crippen LogP contribution is -2.45. The third kappa shape index (κ3) is 3.19. The summed E-state index contributed by atoms with van der Waals surface area (Å²) < 4.78 is 0. The normalized spacial score (nSPS) is 19.7. The van der Waals surface area contributed by atoms with Gasteiger partial charge in [0.1, 0.15) is 0 Å². The van der Waals surface area contributed by atoms with Crippen LogP contribution in [0.4, 0.5) is 5.69 Å². The van der Waals surface area contributed by atoms with Crippen LogP contribution in [0.15, 0.2) is 41.1 Å². The van der Waals surface area contributed by atoms with Crippen LogP contribution in [0.3, 0.4) is 0 Å². The number of benzene rings is 1. The Morgan fingerprint density at radius 1 is 1.33 bits per heavy atom. The zero-order chi connectivity index (χ0) is 17.9. The van der Waals surface area contributed by atoms with Gasteiger partial charge in [-0.25, -0.2) is 4.85 Å². The predicted octanol–water partition coefficient (Wildman–Crippen LogP) is 2.90. The third-order valence-corrected chi connectivity index (χ3v) is 4.41. The van der Waals surface area contributed by atoms with Gasteiger partial charge >= 0.3 is 0 Å². The Bertz CT molecular complexity index is 726. The van der Waals surface area contributed by atoms with Crippen molar-refractivity contribution in [3.8, 4) is 0 Å². The molecule has 0 bridgehead atoms. The summed E-state index contributed by atoms with van der Waals surface area (Å²) >= 11 is 0. The molecule has 5 heteroatoms. The Hall–Kier alpha value is -2.58. The molecule has 1 aromatic rings. The van der Waals surface area contributed by atoms with E-state index in [1.165, 1.54) is 4.90 Å². The van der Waals surface area contributed by atoms with E-state index in [1.54, 1.807) is 13.8 Å². The summed E-state index contributed by atoms with van der Waals surface area (Å²) in [6.07, 6.45) is 0.821. The molecule has 1 amide bonds. The molecule has 1 aliphatic heterocycles. The lowest BCUT2D eigenvalue weighted by atomic mass is 9.95. The van der Waals surface area contributed by atoms with Gasteiger partial charge < -0.3 is 14.9 Å². The van der Waals surface area contributed by atoms with Gasteiger partial charge in [-0.2, -0.15) is 0 Å². The van der Waals surface area contributed by atoms with Crippen molar-refractivity contribution in [2.75, 3.05) is 25.0 Å². The standard InChI is InChI=1S/C19H23N3O2/c1-6-21(5)15-10-8-14(9-11-15)12-16-13(3)17(20-4)19(24)22(7-2)18(16)23/h8-12,18,23H,6-7H2,1-3,5H3. The number of anilines is 1. The molecule has 1 heterocycles. The number of hydrogen-bond acceptors (Lipinski definition) is 3. The maximum atomic E-state index is 12.2. The first-order valence-corrected chi connectivity index (χ1v) is 8.05. The van der Waals surface area contributed by atoms with Crippen LogP contribution in [0.2, 0.25) is 0 Å². The van der Waals surface area contributed by atoms with Gasteiger partial charge in [-0.05, 0) is 55.7 Å². The first-order valence-electron chi connectivity index (χ1n) is 8.05. The van der Waals surface area contributed by atoms with Crippen molar-refractivity contribution in [1.82, 2.24) is 4.90 Å². The maximum Gasteiger partial charge on any atom is 0.255 e. The monoisotopic (exact) mass is 325 g/mol. The molecule has 5 nitrogen and oxygen atoms in total. The van der Waals surface area contributed by atoms with Gasteiger partial charge in [0.25, 0.3) is 11.6 Å². The molecule has 1 N–H and O–H groups in total. The fourth-order valence-corrected chi connectivity index (χ4v) is 2.72. The van der Waals surface area contributed by atoms with Crippen molar-refractivity contribution in [3.05, 3.63) is 58.1 Å². The molecule has 0 aliphatic carbocycles. The molecule has 1 atom stereocenters. The minimum absolute atomic E-state index is 0.0794. The largest absolute Gasteiger partial charge is 0.375 e. The van der Waals surface area contributed by atoms with E-state index < -0.39 is 12.1 Å². The van der Waals surface area contributed by atoms with E-state index >= 15 is 0 Å². The minimum atomic E-state index is -1.02. The molecule has 2 rings (SSSR count). The molecule has 1 unspecified atom stereocenters. The Kier molecular flexibility index (Phi) is 5.42. The highest BCUT2D eigenvalue weighted by Crippen LogP contribution is 2.30. The van der Waals surface area contributed by atoms with Crippen molar-refractivity contribution in [2.45, 2.75) is 27.0 Å². The van der Waals surface area contributed by atoms with Crippen LogP contribution in [-0.2, 0) is 4.79 Å². The van der Waals surface area contributed by atoms with Crippen LogP contribution in [0.1, 0.15) is 26.3 Å². The Morgan fingerprint density at radius 3 is 2.46 bits per heavy atom. The van der Waals surface area contributed by atoms with Crippen LogP contribution in [0.25, 0.3) is 10.9 Å². The van der Waals surface area contributed by atoms with Gasteiger partial charge in [-0.1, -0.05) is 12.1 Å². The van der Waals surface area contributed by atoms with Gasteiger partial charge in [-0.3, -0.25) is 4.79 Å². The fraction of sp³-hybridized carbons (Fsp3) is 0.368. The summed E-state index contributed by atoms with van der Waals surface area (Å²) in [6.45, 7) is 14.1. The first kappa shape index (κ1) is 17.8. The number of aliphatic hydroxyl groups is 1. The molecular weight excluding hydrogens is 302 g/mol. The van der Waals surface area contributed by atoms with Crippen LogP contribution in [-0.4, -0.2) is 42.3 Å². The molecule has 0 fully saturated rings. The molecule has 0 radical (unpaired) electrons. The van der Waals surface area contributed by atoms with E-state index in [4.69, 9.17) is 6.57 Å². The number of nitrogens with zero attached hydrogens (tertiary/aromatic N) is 3. The number of carbonyl (C=O) groups excluding carboxylic acids is 1. The van der Waals surface area contributed by atoms with Crippen LogP contribution in [0, 0.1) is 6.57 Å². The summed E-state index contributed by atoms with van der Waals surface area (Å²) in [5.74, 6) is -0.408. The lowest BCUT2D eigenvalue weighted by molar-refractivity contribution is -0.135. The zero-order valence-corrected chi connectivity index (χ0v) is 14.6. The molecule has 0 saturated heterocycles. The Balaban J connectivity index is 2.45. The van der Waals surface area contributed by atoms with E-state index in [-0.39, 0.29) is 5.70 Å². The smallest absolute Gasteiger partial charge is 0.255 e. The predicted molar refractivity (Wildman–Crippen MR) is 96.1 cm³/mol. The van der Waals surface area contributed by atoms with E-state index in [0.717, 1.165) is 17.8 Å². The molecule has 1 aromatic carbocycles. The Morgan fingerprint density at radius 2 is 1.96 bits per heavy atom. The van der Waals surface area contributed by atoms with Gasteiger partial charge in [0, 0.05) is 25.8 Å². The summed E-state index contributed by atoms with van der Waals surface area (Å²) in [7, 11) is 2.03. The zero-order valence-electron chi connectivity index (χ0n) is 14.6. The number of hydrogen-bond donors (Lipinski definition) is 1. The molecular formula is C19H23N3O2. The van der Waals surface area contributed by atoms with Crippen LogP contribution < -0.4 is 4.90 Å². The highest BCUT2D eigenvalue weighted by molar-refractivity contribution is 5.99. The average molecular weight is 325 g/mol. The summed E-state index contributed by atoms with van der Waals surface area (Å²) in [4.78, 5) is 19.0. The second kappa shape index (κ2) is 7.33. The topological polar surface area (TPSA) is 48.1 Å². The number of rotatable bonds is 4. The first-order chi connectivity index (χ1) is 11.4. The van der Waals surface area contributed by atoms with Crippen molar-refractivity contribution in [2.24, 2.45) is 0 Å². The molecule has 1 aliphatic rings. The summed E-state index contributed by atoms with van der Waals surface area (Å²) in [5, 5.41) is 10.5. The van der Waals surface area contributed by atoms with Crippen molar-refractivity contribution >= 4 is 17.7 Å².